The topological polar surface area (TPSA) is 29.5 Å². The molecule has 1 aromatic carbocycles. The lowest BCUT2D eigenvalue weighted by Gasteiger charge is -2.29. The lowest BCUT2D eigenvalue weighted by Crippen LogP contribution is -2.13. The molecular weight excluding hydrogens is 248 g/mol. The van der Waals surface area contributed by atoms with E-state index in [2.05, 4.69) is 36.1 Å². The van der Waals surface area contributed by atoms with Crippen LogP contribution in [0.15, 0.2) is 24.3 Å². The summed E-state index contributed by atoms with van der Waals surface area (Å²) in [5, 5.41) is 8.46. The van der Waals surface area contributed by atoms with Crippen LogP contribution in [-0.2, 0) is 11.5 Å². The van der Waals surface area contributed by atoms with Crippen LogP contribution < -0.4 is 0 Å². The third-order valence-corrected chi connectivity index (χ3v) is 4.75. The van der Waals surface area contributed by atoms with Gasteiger partial charge in [0.05, 0.1) is 0 Å². The maximum atomic E-state index is 8.46. The van der Waals surface area contributed by atoms with Gasteiger partial charge >= 0.3 is 0 Å². The predicted molar refractivity (Wildman–Crippen MR) is 82.7 cm³/mol. The van der Waals surface area contributed by atoms with Gasteiger partial charge in [0.25, 0.3) is 0 Å². The van der Waals surface area contributed by atoms with Gasteiger partial charge in [-0.05, 0) is 48.6 Å². The summed E-state index contributed by atoms with van der Waals surface area (Å²) in [6, 6.07) is 8.55. The quantitative estimate of drug-likeness (QED) is 0.403. The molecule has 1 fully saturated rings. The first kappa shape index (κ1) is 15.5. The molecule has 0 saturated heterocycles. The second kappa shape index (κ2) is 8.43. The molecule has 1 saturated carbocycles. The van der Waals surface area contributed by atoms with E-state index in [1.54, 1.807) is 0 Å². The minimum absolute atomic E-state index is 0.282. The SMILES string of the molecule is CCCCCC1CCC(c2ccc(COO)cc2)CC1. The lowest BCUT2D eigenvalue weighted by atomic mass is 9.77. The van der Waals surface area contributed by atoms with E-state index >= 15 is 0 Å². The predicted octanol–water partition coefficient (Wildman–Crippen LogP) is 5.53. The van der Waals surface area contributed by atoms with Gasteiger partial charge < -0.3 is 0 Å². The second-order valence-corrected chi connectivity index (χ2v) is 6.23. The number of unbranched alkanes of at least 4 members (excludes halogenated alkanes) is 2. The molecule has 1 N–H and O–H groups in total. The van der Waals surface area contributed by atoms with E-state index in [1.165, 1.54) is 56.9 Å². The standard InChI is InChI=1S/C18H28O2/c1-2-3-4-5-15-6-10-17(11-7-15)18-12-8-16(9-13-18)14-20-19/h8-9,12-13,15,17,19H,2-7,10-11,14H2,1H3. The molecule has 2 nitrogen and oxygen atoms in total. The average Bonchev–Trinajstić information content (AvgIpc) is 2.49. The summed E-state index contributed by atoms with van der Waals surface area (Å²) in [6.45, 7) is 2.56. The van der Waals surface area contributed by atoms with Crippen LogP contribution in [0.25, 0.3) is 0 Å². The van der Waals surface area contributed by atoms with Crippen LogP contribution in [-0.4, -0.2) is 5.26 Å². The van der Waals surface area contributed by atoms with Crippen molar-refractivity contribution in [2.75, 3.05) is 0 Å². The summed E-state index contributed by atoms with van der Waals surface area (Å²) in [4.78, 5) is 4.17. The van der Waals surface area contributed by atoms with Crippen molar-refractivity contribution in [2.45, 2.75) is 70.8 Å². The maximum absolute atomic E-state index is 8.46. The van der Waals surface area contributed by atoms with Gasteiger partial charge in [-0.15, -0.1) is 0 Å². The normalized spacial score (nSPS) is 22.9. The zero-order valence-corrected chi connectivity index (χ0v) is 12.7. The van der Waals surface area contributed by atoms with Gasteiger partial charge in [0, 0.05) is 0 Å². The van der Waals surface area contributed by atoms with E-state index in [0.717, 1.165) is 17.4 Å². The highest BCUT2D eigenvalue weighted by Crippen LogP contribution is 2.37. The Balaban J connectivity index is 1.78. The van der Waals surface area contributed by atoms with E-state index in [9.17, 15) is 0 Å². The first-order chi connectivity index (χ1) is 9.83. The molecule has 0 unspecified atom stereocenters. The Morgan fingerprint density at radius 3 is 2.35 bits per heavy atom. The lowest BCUT2D eigenvalue weighted by molar-refractivity contribution is -0.253. The van der Waals surface area contributed by atoms with Crippen LogP contribution in [0.3, 0.4) is 0 Å². The van der Waals surface area contributed by atoms with Crippen LogP contribution >= 0.6 is 0 Å². The highest BCUT2D eigenvalue weighted by molar-refractivity contribution is 5.25. The third kappa shape index (κ3) is 4.60. The van der Waals surface area contributed by atoms with Gasteiger partial charge in [-0.2, -0.15) is 0 Å². The van der Waals surface area contributed by atoms with Crippen LogP contribution in [0.4, 0.5) is 0 Å². The molecule has 1 aromatic rings. The Labute approximate surface area is 123 Å². The number of rotatable bonds is 7. The Morgan fingerprint density at radius 2 is 1.75 bits per heavy atom. The van der Waals surface area contributed by atoms with Gasteiger partial charge in [0.1, 0.15) is 6.61 Å². The summed E-state index contributed by atoms with van der Waals surface area (Å²) in [7, 11) is 0. The monoisotopic (exact) mass is 276 g/mol. The molecule has 2 heteroatoms. The van der Waals surface area contributed by atoms with E-state index in [1.807, 2.05) is 0 Å². The van der Waals surface area contributed by atoms with Crippen LogP contribution in [0, 0.1) is 5.92 Å². The van der Waals surface area contributed by atoms with Gasteiger partial charge in [0.15, 0.2) is 0 Å². The van der Waals surface area contributed by atoms with Crippen LogP contribution in [0.5, 0.6) is 0 Å². The summed E-state index contributed by atoms with van der Waals surface area (Å²) in [6.07, 6.45) is 11.1. The molecule has 1 aliphatic rings. The largest absolute Gasteiger partial charge is 0.251 e. The fourth-order valence-corrected chi connectivity index (χ4v) is 3.43. The van der Waals surface area contributed by atoms with E-state index in [-0.39, 0.29) is 6.61 Å². The molecule has 112 valence electrons. The maximum Gasteiger partial charge on any atom is 0.107 e. The first-order valence-corrected chi connectivity index (χ1v) is 8.18. The molecule has 0 spiro atoms. The number of hydrogen-bond donors (Lipinski definition) is 1. The molecule has 0 atom stereocenters. The molecule has 0 aliphatic heterocycles. The Bertz CT molecular complexity index is 364. The van der Waals surface area contributed by atoms with Crippen molar-refractivity contribution in [1.29, 1.82) is 0 Å². The summed E-state index contributed by atoms with van der Waals surface area (Å²) >= 11 is 0. The van der Waals surface area contributed by atoms with Crippen molar-refractivity contribution >= 4 is 0 Å². The highest BCUT2D eigenvalue weighted by atomic mass is 17.1. The highest BCUT2D eigenvalue weighted by Gasteiger charge is 2.21. The molecule has 0 heterocycles. The summed E-state index contributed by atoms with van der Waals surface area (Å²) in [5.41, 5.74) is 2.49. The molecule has 20 heavy (non-hydrogen) atoms. The van der Waals surface area contributed by atoms with Gasteiger partial charge in [-0.1, -0.05) is 56.9 Å². The van der Waals surface area contributed by atoms with E-state index in [0.29, 0.717) is 0 Å². The summed E-state index contributed by atoms with van der Waals surface area (Å²) < 4.78 is 0. The third-order valence-electron chi connectivity index (χ3n) is 4.75. The van der Waals surface area contributed by atoms with Crippen molar-refractivity contribution in [1.82, 2.24) is 0 Å². The van der Waals surface area contributed by atoms with Gasteiger partial charge in [-0.3, -0.25) is 5.26 Å². The van der Waals surface area contributed by atoms with Crippen molar-refractivity contribution < 1.29 is 10.1 Å². The molecule has 0 radical (unpaired) electrons. The molecule has 2 rings (SSSR count). The average molecular weight is 276 g/mol. The fourth-order valence-electron chi connectivity index (χ4n) is 3.43. The zero-order valence-electron chi connectivity index (χ0n) is 12.7. The first-order valence-electron chi connectivity index (χ1n) is 8.18. The van der Waals surface area contributed by atoms with Crippen LogP contribution in [0.2, 0.25) is 0 Å². The molecular formula is C18H28O2. The second-order valence-electron chi connectivity index (χ2n) is 6.23. The minimum atomic E-state index is 0.282. The van der Waals surface area contributed by atoms with E-state index in [4.69, 9.17) is 5.26 Å². The van der Waals surface area contributed by atoms with Gasteiger partial charge in [-0.25, -0.2) is 4.89 Å². The Kier molecular flexibility index (Phi) is 6.55. The number of hydrogen-bond acceptors (Lipinski definition) is 2. The van der Waals surface area contributed by atoms with Crippen molar-refractivity contribution in [2.24, 2.45) is 5.92 Å². The molecule has 0 bridgehead atoms. The van der Waals surface area contributed by atoms with Crippen molar-refractivity contribution in [3.05, 3.63) is 35.4 Å². The minimum Gasteiger partial charge on any atom is -0.251 e. The molecule has 0 amide bonds. The van der Waals surface area contributed by atoms with Crippen molar-refractivity contribution in [3.8, 4) is 0 Å². The zero-order chi connectivity index (χ0) is 14.2. The fraction of sp³-hybridized carbons (Fsp3) is 0.667. The van der Waals surface area contributed by atoms with Crippen molar-refractivity contribution in [3.63, 3.8) is 0 Å². The van der Waals surface area contributed by atoms with Crippen LogP contribution in [0.1, 0.15) is 75.3 Å². The number of benzene rings is 1. The van der Waals surface area contributed by atoms with Gasteiger partial charge in [0.2, 0.25) is 0 Å². The smallest absolute Gasteiger partial charge is 0.107 e. The van der Waals surface area contributed by atoms with E-state index < -0.39 is 0 Å². The molecule has 0 aromatic heterocycles. The summed E-state index contributed by atoms with van der Waals surface area (Å²) in [5.74, 6) is 1.71. The molecule has 1 aliphatic carbocycles. The Hall–Kier alpha value is -0.860. The Morgan fingerprint density at radius 1 is 1.05 bits per heavy atom.